The molecule has 3 N–H and O–H groups in total. The lowest BCUT2D eigenvalue weighted by Crippen LogP contribution is -2.33. The van der Waals surface area contributed by atoms with E-state index in [-0.39, 0.29) is 34.1 Å². The second-order valence-corrected chi connectivity index (χ2v) is 9.43. The molecule has 0 aliphatic heterocycles. The monoisotopic (exact) mass is 522 g/mol. The van der Waals surface area contributed by atoms with Gasteiger partial charge in [0.05, 0.1) is 17.0 Å². The number of aliphatic carboxylic acids is 1. The van der Waals surface area contributed by atoms with Gasteiger partial charge in [-0.25, -0.2) is 8.42 Å². The average Bonchev–Trinajstić information content (AvgIpc) is 2.78. The van der Waals surface area contributed by atoms with Crippen molar-refractivity contribution in [2.75, 3.05) is 11.3 Å². The van der Waals surface area contributed by atoms with Gasteiger partial charge in [-0.3, -0.25) is 14.3 Å². The van der Waals surface area contributed by atoms with Gasteiger partial charge >= 0.3 is 12.1 Å². The Morgan fingerprint density at radius 2 is 1.69 bits per heavy atom. The standard InChI is InChI=1S/C24H21F3N2O6S/c1-15-5-8-19(9-6-15)36(33,34)29-20-13-17(23(32)28-14-24(25,26)27)7-10-21(20)35-18-4-2-3-16(11-18)12-22(30)31/h2-11,13,29H,12,14H2,1H3,(H,28,32)(H,30,31). The molecule has 0 saturated heterocycles. The van der Waals surface area contributed by atoms with E-state index in [1.165, 1.54) is 36.4 Å². The van der Waals surface area contributed by atoms with E-state index >= 15 is 0 Å². The number of hydrogen-bond acceptors (Lipinski definition) is 5. The number of benzene rings is 3. The summed E-state index contributed by atoms with van der Waals surface area (Å²) < 4.78 is 71.5. The first-order chi connectivity index (χ1) is 16.8. The third-order valence-electron chi connectivity index (χ3n) is 4.75. The molecule has 0 heterocycles. The van der Waals surface area contributed by atoms with Crippen LogP contribution in [0.1, 0.15) is 21.5 Å². The number of halogens is 3. The molecular formula is C24H21F3N2O6S. The van der Waals surface area contributed by atoms with Crippen LogP contribution in [-0.2, 0) is 21.2 Å². The number of rotatable bonds is 9. The van der Waals surface area contributed by atoms with Gasteiger partial charge in [0.2, 0.25) is 0 Å². The van der Waals surface area contributed by atoms with E-state index < -0.39 is 34.6 Å². The summed E-state index contributed by atoms with van der Waals surface area (Å²) >= 11 is 0. The Hall–Kier alpha value is -4.06. The normalized spacial score (nSPS) is 11.6. The van der Waals surface area contributed by atoms with Crippen LogP contribution in [0.5, 0.6) is 11.5 Å². The highest BCUT2D eigenvalue weighted by atomic mass is 32.2. The quantitative estimate of drug-likeness (QED) is 0.380. The van der Waals surface area contributed by atoms with E-state index in [1.54, 1.807) is 36.5 Å². The van der Waals surface area contributed by atoms with E-state index in [9.17, 15) is 31.2 Å². The van der Waals surface area contributed by atoms with Crippen LogP contribution in [0.2, 0.25) is 0 Å². The highest BCUT2D eigenvalue weighted by Crippen LogP contribution is 2.33. The molecule has 0 fully saturated rings. The molecule has 1 amide bonds. The van der Waals surface area contributed by atoms with Crippen LogP contribution in [0.25, 0.3) is 0 Å². The topological polar surface area (TPSA) is 122 Å². The number of anilines is 1. The van der Waals surface area contributed by atoms with Crippen LogP contribution in [0.4, 0.5) is 18.9 Å². The van der Waals surface area contributed by atoms with Crippen LogP contribution < -0.4 is 14.8 Å². The van der Waals surface area contributed by atoms with Gasteiger partial charge in [0, 0.05) is 5.56 Å². The SMILES string of the molecule is Cc1ccc(S(=O)(=O)Nc2cc(C(=O)NCC(F)(F)F)ccc2Oc2cccc(CC(=O)O)c2)cc1. The van der Waals surface area contributed by atoms with Gasteiger partial charge in [-0.2, -0.15) is 13.2 Å². The molecule has 3 rings (SSSR count). The summed E-state index contributed by atoms with van der Waals surface area (Å²) in [5.41, 5.74) is 0.791. The van der Waals surface area contributed by atoms with Crippen LogP contribution >= 0.6 is 0 Å². The highest BCUT2D eigenvalue weighted by molar-refractivity contribution is 7.92. The van der Waals surface area contributed by atoms with Gasteiger partial charge in [0.25, 0.3) is 15.9 Å². The van der Waals surface area contributed by atoms with Crippen molar-refractivity contribution in [2.45, 2.75) is 24.4 Å². The molecule has 3 aromatic rings. The molecule has 190 valence electrons. The Balaban J connectivity index is 1.97. The Morgan fingerprint density at radius 1 is 1.00 bits per heavy atom. The van der Waals surface area contributed by atoms with Crippen LogP contribution in [0.3, 0.4) is 0 Å². The zero-order valence-electron chi connectivity index (χ0n) is 18.8. The van der Waals surface area contributed by atoms with Gasteiger partial charge < -0.3 is 15.2 Å². The van der Waals surface area contributed by atoms with Gasteiger partial charge in [-0.15, -0.1) is 0 Å². The van der Waals surface area contributed by atoms with Gasteiger partial charge in [0.1, 0.15) is 12.3 Å². The summed E-state index contributed by atoms with van der Waals surface area (Å²) in [6.07, 6.45) is -4.90. The lowest BCUT2D eigenvalue weighted by atomic mass is 10.1. The lowest BCUT2D eigenvalue weighted by Gasteiger charge is -2.16. The van der Waals surface area contributed by atoms with E-state index in [1.807, 2.05) is 0 Å². The molecule has 8 nitrogen and oxygen atoms in total. The Labute approximate surface area is 204 Å². The molecular weight excluding hydrogens is 501 g/mol. The number of amides is 1. The van der Waals surface area contributed by atoms with Crippen molar-refractivity contribution in [1.29, 1.82) is 0 Å². The molecule has 3 aromatic carbocycles. The molecule has 36 heavy (non-hydrogen) atoms. The summed E-state index contributed by atoms with van der Waals surface area (Å²) in [5.74, 6) is -2.02. The number of alkyl halides is 3. The molecule has 0 atom stereocenters. The number of carbonyl (C=O) groups is 2. The minimum Gasteiger partial charge on any atom is -0.481 e. The van der Waals surface area contributed by atoms with Crippen molar-refractivity contribution in [2.24, 2.45) is 0 Å². The number of sulfonamides is 1. The molecule has 0 bridgehead atoms. The second kappa shape index (κ2) is 10.7. The summed E-state index contributed by atoms with van der Waals surface area (Å²) in [4.78, 5) is 23.2. The van der Waals surface area contributed by atoms with Gasteiger partial charge in [-0.1, -0.05) is 29.8 Å². The van der Waals surface area contributed by atoms with Crippen molar-refractivity contribution in [3.8, 4) is 11.5 Å². The predicted octanol–water partition coefficient (Wildman–Crippen LogP) is 4.51. The number of aryl methyl sites for hydroxylation is 1. The fraction of sp³-hybridized carbons (Fsp3) is 0.167. The predicted molar refractivity (Wildman–Crippen MR) is 125 cm³/mol. The smallest absolute Gasteiger partial charge is 0.405 e. The molecule has 0 aliphatic rings. The number of carboxylic acid groups (broad SMARTS) is 1. The van der Waals surface area contributed by atoms with Crippen molar-refractivity contribution < 1.29 is 41.0 Å². The zero-order chi connectivity index (χ0) is 26.5. The third-order valence-corrected chi connectivity index (χ3v) is 6.13. The van der Waals surface area contributed by atoms with E-state index in [4.69, 9.17) is 9.84 Å². The third kappa shape index (κ3) is 7.47. The minimum absolute atomic E-state index is 0.0643. The van der Waals surface area contributed by atoms with Crippen molar-refractivity contribution in [1.82, 2.24) is 5.32 Å². The maximum absolute atomic E-state index is 13.0. The molecule has 0 aromatic heterocycles. The summed E-state index contributed by atoms with van der Waals surface area (Å²) in [6, 6.07) is 15.4. The molecule has 0 unspecified atom stereocenters. The van der Waals surface area contributed by atoms with Crippen molar-refractivity contribution >= 4 is 27.6 Å². The fourth-order valence-corrected chi connectivity index (χ4v) is 4.13. The lowest BCUT2D eigenvalue weighted by molar-refractivity contribution is -0.136. The first-order valence-electron chi connectivity index (χ1n) is 10.4. The first-order valence-corrected chi connectivity index (χ1v) is 11.9. The number of ether oxygens (including phenoxy) is 1. The average molecular weight is 523 g/mol. The summed E-state index contributed by atoms with van der Waals surface area (Å²) in [7, 11) is -4.17. The van der Waals surface area contributed by atoms with Crippen molar-refractivity contribution in [3.63, 3.8) is 0 Å². The van der Waals surface area contributed by atoms with Crippen LogP contribution in [0.15, 0.2) is 71.6 Å². The number of carboxylic acids is 1. The maximum Gasteiger partial charge on any atom is 0.405 e. The molecule has 12 heteroatoms. The number of carbonyl (C=O) groups excluding carboxylic acids is 1. The Morgan fingerprint density at radius 3 is 2.33 bits per heavy atom. The largest absolute Gasteiger partial charge is 0.481 e. The Kier molecular flexibility index (Phi) is 7.88. The van der Waals surface area contributed by atoms with Crippen LogP contribution in [0, 0.1) is 6.92 Å². The molecule has 0 saturated carbocycles. The molecule has 0 aliphatic carbocycles. The maximum atomic E-state index is 13.0. The number of hydrogen-bond donors (Lipinski definition) is 3. The molecule has 0 radical (unpaired) electrons. The van der Waals surface area contributed by atoms with Gasteiger partial charge in [0.15, 0.2) is 5.75 Å². The Bertz CT molecular complexity index is 1370. The van der Waals surface area contributed by atoms with E-state index in [2.05, 4.69) is 4.72 Å². The first kappa shape index (κ1) is 26.5. The molecule has 0 spiro atoms. The van der Waals surface area contributed by atoms with Crippen molar-refractivity contribution in [3.05, 3.63) is 83.4 Å². The van der Waals surface area contributed by atoms with E-state index in [0.29, 0.717) is 5.56 Å². The number of nitrogens with one attached hydrogen (secondary N) is 2. The fourth-order valence-electron chi connectivity index (χ4n) is 3.06. The second-order valence-electron chi connectivity index (χ2n) is 7.75. The minimum atomic E-state index is -4.63. The summed E-state index contributed by atoms with van der Waals surface area (Å²) in [6.45, 7) is 0.210. The van der Waals surface area contributed by atoms with Gasteiger partial charge in [-0.05, 0) is 55.0 Å². The van der Waals surface area contributed by atoms with Crippen LogP contribution in [-0.4, -0.2) is 38.1 Å². The van der Waals surface area contributed by atoms with E-state index in [0.717, 1.165) is 11.6 Å². The highest BCUT2D eigenvalue weighted by Gasteiger charge is 2.28. The summed E-state index contributed by atoms with van der Waals surface area (Å²) in [5, 5.41) is 10.7. The zero-order valence-corrected chi connectivity index (χ0v) is 19.6.